The van der Waals surface area contributed by atoms with Gasteiger partial charge in [-0.1, -0.05) is 44.2 Å². The molecule has 0 aliphatic carbocycles. The smallest absolute Gasteiger partial charge is 0.229 e. The fourth-order valence-electron chi connectivity index (χ4n) is 3.89. The fourth-order valence-corrected chi connectivity index (χ4v) is 3.89. The van der Waals surface area contributed by atoms with E-state index in [1.807, 2.05) is 24.0 Å². The molecule has 6 heteroatoms. The Morgan fingerprint density at radius 3 is 2.54 bits per heavy atom. The predicted molar refractivity (Wildman–Crippen MR) is 105 cm³/mol. The summed E-state index contributed by atoms with van der Waals surface area (Å²) >= 11 is 0. The Morgan fingerprint density at radius 2 is 1.81 bits per heavy atom. The molecule has 4 rings (SSSR count). The molecule has 3 heterocycles. The van der Waals surface area contributed by atoms with E-state index in [2.05, 4.69) is 53.4 Å². The molecule has 0 bridgehead atoms. The van der Waals surface area contributed by atoms with Crippen LogP contribution in [0.4, 0.5) is 11.8 Å². The number of piperidine rings is 1. The number of fused-ring (bicyclic) bond motifs is 1. The normalized spacial score (nSPS) is 20.5. The summed E-state index contributed by atoms with van der Waals surface area (Å²) in [5, 5.41) is 8.83. The van der Waals surface area contributed by atoms with E-state index < -0.39 is 0 Å². The molecule has 3 aromatic rings. The maximum absolute atomic E-state index is 4.87. The van der Waals surface area contributed by atoms with E-state index in [-0.39, 0.29) is 0 Å². The number of nitrogens with one attached hydrogen (secondary N) is 1. The van der Waals surface area contributed by atoms with Crippen LogP contribution in [-0.2, 0) is 13.6 Å². The van der Waals surface area contributed by atoms with Crippen molar-refractivity contribution < 1.29 is 0 Å². The van der Waals surface area contributed by atoms with Gasteiger partial charge in [-0.15, -0.1) is 0 Å². The van der Waals surface area contributed by atoms with Crippen LogP contribution in [0.1, 0.15) is 25.8 Å². The van der Waals surface area contributed by atoms with Gasteiger partial charge in [0.05, 0.1) is 11.6 Å². The van der Waals surface area contributed by atoms with Crippen molar-refractivity contribution in [3.05, 3.63) is 42.1 Å². The first-order chi connectivity index (χ1) is 12.6. The Bertz CT molecular complexity index is 878. The summed E-state index contributed by atoms with van der Waals surface area (Å²) in [5.74, 6) is 2.97. The minimum absolute atomic E-state index is 0.658. The van der Waals surface area contributed by atoms with Crippen LogP contribution >= 0.6 is 0 Å². The van der Waals surface area contributed by atoms with Gasteiger partial charge >= 0.3 is 0 Å². The minimum Gasteiger partial charge on any atom is -0.365 e. The lowest BCUT2D eigenvalue weighted by Gasteiger charge is -2.35. The Hall–Kier alpha value is -2.63. The maximum Gasteiger partial charge on any atom is 0.229 e. The van der Waals surface area contributed by atoms with Crippen LogP contribution in [0.2, 0.25) is 0 Å². The van der Waals surface area contributed by atoms with Crippen molar-refractivity contribution in [2.45, 2.75) is 26.8 Å². The van der Waals surface area contributed by atoms with Gasteiger partial charge < -0.3 is 10.2 Å². The molecule has 0 unspecified atom stereocenters. The van der Waals surface area contributed by atoms with E-state index in [0.717, 1.165) is 42.4 Å². The van der Waals surface area contributed by atoms with Crippen LogP contribution < -0.4 is 10.2 Å². The molecule has 1 aliphatic heterocycles. The quantitative estimate of drug-likeness (QED) is 0.781. The van der Waals surface area contributed by atoms with Crippen molar-refractivity contribution in [2.75, 3.05) is 23.3 Å². The second-order valence-corrected chi connectivity index (χ2v) is 7.57. The summed E-state index contributed by atoms with van der Waals surface area (Å²) in [5.41, 5.74) is 2.10. The summed E-state index contributed by atoms with van der Waals surface area (Å²) in [4.78, 5) is 12.0. The number of hydrogen-bond acceptors (Lipinski definition) is 5. The molecule has 136 valence electrons. The highest BCUT2D eigenvalue weighted by atomic mass is 15.3. The molecule has 1 saturated heterocycles. The topological polar surface area (TPSA) is 58.9 Å². The molecule has 0 radical (unpaired) electrons. The highest BCUT2D eigenvalue weighted by Crippen LogP contribution is 2.28. The van der Waals surface area contributed by atoms with E-state index in [1.165, 1.54) is 12.0 Å². The molecule has 1 aliphatic rings. The van der Waals surface area contributed by atoms with Crippen molar-refractivity contribution in [1.29, 1.82) is 0 Å². The zero-order valence-corrected chi connectivity index (χ0v) is 15.7. The van der Waals surface area contributed by atoms with Crippen molar-refractivity contribution in [1.82, 2.24) is 19.7 Å². The monoisotopic (exact) mass is 350 g/mol. The predicted octanol–water partition coefficient (Wildman–Crippen LogP) is 3.46. The van der Waals surface area contributed by atoms with Crippen molar-refractivity contribution in [3.63, 3.8) is 0 Å². The Labute approximate surface area is 154 Å². The first-order valence-corrected chi connectivity index (χ1v) is 9.32. The lowest BCUT2D eigenvalue weighted by atomic mass is 9.92. The van der Waals surface area contributed by atoms with Gasteiger partial charge in [-0.25, -0.2) is 0 Å². The number of nitrogens with zero attached hydrogens (tertiary/aromatic N) is 5. The first-order valence-electron chi connectivity index (χ1n) is 9.32. The molecule has 0 saturated carbocycles. The zero-order chi connectivity index (χ0) is 18.1. The molecular weight excluding hydrogens is 324 g/mol. The van der Waals surface area contributed by atoms with Crippen molar-refractivity contribution >= 4 is 22.8 Å². The van der Waals surface area contributed by atoms with Gasteiger partial charge in [0, 0.05) is 26.7 Å². The molecule has 2 aromatic heterocycles. The molecular formula is C20H26N6. The molecule has 1 fully saturated rings. The summed E-state index contributed by atoms with van der Waals surface area (Å²) < 4.78 is 1.82. The second-order valence-electron chi connectivity index (χ2n) is 7.57. The number of anilines is 2. The highest BCUT2D eigenvalue weighted by Gasteiger charge is 2.25. The van der Waals surface area contributed by atoms with Crippen LogP contribution in [0.5, 0.6) is 0 Å². The molecule has 0 amide bonds. The Balaban J connectivity index is 1.67. The summed E-state index contributed by atoms with van der Waals surface area (Å²) in [6.45, 7) is 7.35. The lowest BCUT2D eigenvalue weighted by molar-refractivity contribution is 0.354. The number of hydrogen-bond donors (Lipinski definition) is 1. The number of benzene rings is 1. The number of aryl methyl sites for hydroxylation is 1. The zero-order valence-electron chi connectivity index (χ0n) is 15.7. The van der Waals surface area contributed by atoms with Crippen molar-refractivity contribution in [3.8, 4) is 0 Å². The van der Waals surface area contributed by atoms with Gasteiger partial charge in [0.25, 0.3) is 0 Å². The van der Waals surface area contributed by atoms with Gasteiger partial charge in [0.15, 0.2) is 5.65 Å². The summed E-state index contributed by atoms with van der Waals surface area (Å²) in [6.07, 6.45) is 3.11. The van der Waals surface area contributed by atoms with Gasteiger partial charge in [-0.3, -0.25) is 4.68 Å². The third-order valence-electron chi connectivity index (χ3n) is 5.03. The summed E-state index contributed by atoms with van der Waals surface area (Å²) in [6, 6.07) is 10.4. The van der Waals surface area contributed by atoms with Crippen LogP contribution in [-0.4, -0.2) is 32.8 Å². The standard InChI is InChI=1S/C20H26N6/c1-14-9-15(2)13-26(12-14)20-23-18(17-11-22-25(3)19(17)24-20)21-10-16-7-5-4-6-8-16/h4-8,11,14-15H,9-10,12-13H2,1-3H3,(H,21,23,24)/t14-,15-/m1/s1. The first kappa shape index (κ1) is 16.8. The Morgan fingerprint density at radius 1 is 1.08 bits per heavy atom. The van der Waals surface area contributed by atoms with Gasteiger partial charge in [0.2, 0.25) is 5.95 Å². The largest absolute Gasteiger partial charge is 0.365 e. The van der Waals surface area contributed by atoms with Crippen LogP contribution in [0.25, 0.3) is 11.0 Å². The van der Waals surface area contributed by atoms with Gasteiger partial charge in [-0.05, 0) is 23.8 Å². The van der Waals surface area contributed by atoms with Gasteiger partial charge in [0.1, 0.15) is 5.82 Å². The van der Waals surface area contributed by atoms with Crippen LogP contribution in [0.3, 0.4) is 0 Å². The third kappa shape index (κ3) is 3.36. The van der Waals surface area contributed by atoms with E-state index >= 15 is 0 Å². The molecule has 2 atom stereocenters. The average Bonchev–Trinajstić information content (AvgIpc) is 3.01. The molecule has 6 nitrogen and oxygen atoms in total. The molecule has 1 N–H and O–H groups in total. The highest BCUT2D eigenvalue weighted by molar-refractivity contribution is 5.87. The molecule has 26 heavy (non-hydrogen) atoms. The van der Waals surface area contributed by atoms with E-state index in [9.17, 15) is 0 Å². The SMILES string of the molecule is C[C@@H]1C[C@@H](C)CN(c2nc(NCc3ccccc3)c3cnn(C)c3n2)C1. The number of rotatable bonds is 4. The minimum atomic E-state index is 0.658. The number of aromatic nitrogens is 4. The molecule has 1 aromatic carbocycles. The third-order valence-corrected chi connectivity index (χ3v) is 5.03. The van der Waals surface area contributed by atoms with E-state index in [0.29, 0.717) is 11.8 Å². The molecule has 0 spiro atoms. The van der Waals surface area contributed by atoms with E-state index in [4.69, 9.17) is 9.97 Å². The van der Waals surface area contributed by atoms with Gasteiger partial charge in [-0.2, -0.15) is 15.1 Å². The van der Waals surface area contributed by atoms with Crippen LogP contribution in [0, 0.1) is 11.8 Å². The summed E-state index contributed by atoms with van der Waals surface area (Å²) in [7, 11) is 1.93. The lowest BCUT2D eigenvalue weighted by Crippen LogP contribution is -2.39. The Kier molecular flexibility index (Phi) is 4.49. The van der Waals surface area contributed by atoms with Crippen LogP contribution in [0.15, 0.2) is 36.5 Å². The van der Waals surface area contributed by atoms with E-state index in [1.54, 1.807) is 0 Å². The second kappa shape index (κ2) is 6.94. The van der Waals surface area contributed by atoms with Crippen molar-refractivity contribution in [2.24, 2.45) is 18.9 Å². The maximum atomic E-state index is 4.87. The average molecular weight is 350 g/mol. The fraction of sp³-hybridized carbons (Fsp3) is 0.450.